The molecule has 1 aliphatic rings. The van der Waals surface area contributed by atoms with Crippen LogP contribution in [0.25, 0.3) is 11.1 Å². The van der Waals surface area contributed by atoms with E-state index in [1.807, 2.05) is 0 Å². The Labute approximate surface area is 185 Å². The van der Waals surface area contributed by atoms with E-state index in [9.17, 15) is 21.6 Å². The number of nitrogens with two attached hydrogens (primary N) is 1. The number of aliphatic imine (C=N–C) groups is 1. The summed E-state index contributed by atoms with van der Waals surface area (Å²) in [7, 11) is -7.83. The summed E-state index contributed by atoms with van der Waals surface area (Å²) in [5, 5.41) is 17.8. The van der Waals surface area contributed by atoms with Crippen LogP contribution in [0.1, 0.15) is 11.1 Å². The Bertz CT molecular complexity index is 1200. The van der Waals surface area contributed by atoms with Crippen molar-refractivity contribution in [2.24, 2.45) is 10.7 Å². The van der Waals surface area contributed by atoms with E-state index >= 15 is 0 Å². The molecule has 0 saturated carbocycles. The van der Waals surface area contributed by atoms with Gasteiger partial charge in [0.1, 0.15) is 6.54 Å². The Hall–Kier alpha value is -2.68. The number of rotatable bonds is 10. The van der Waals surface area contributed by atoms with Gasteiger partial charge in [0.05, 0.1) is 28.7 Å². The van der Waals surface area contributed by atoms with Crippen molar-refractivity contribution in [1.82, 2.24) is 9.44 Å². The highest BCUT2D eigenvalue weighted by molar-refractivity contribution is 7.89. The molecule has 0 saturated heterocycles. The average molecular weight is 483 g/mol. The van der Waals surface area contributed by atoms with E-state index in [0.717, 1.165) is 0 Å². The summed E-state index contributed by atoms with van der Waals surface area (Å²) in [5.41, 5.74) is 7.45. The molecule has 0 atom stereocenters. The molecule has 0 fully saturated rings. The van der Waals surface area contributed by atoms with Crippen LogP contribution >= 0.6 is 0 Å². The minimum atomic E-state index is -3.91. The highest BCUT2D eigenvalue weighted by atomic mass is 32.2. The molecule has 1 amide bonds. The number of sulfonamides is 2. The Morgan fingerprint density at radius 2 is 1.25 bits per heavy atom. The van der Waals surface area contributed by atoms with Crippen LogP contribution in [0.2, 0.25) is 0 Å². The first kappa shape index (κ1) is 24.0. The van der Waals surface area contributed by atoms with Crippen LogP contribution in [-0.2, 0) is 24.8 Å². The maximum absolute atomic E-state index is 12.5. The van der Waals surface area contributed by atoms with Crippen molar-refractivity contribution in [1.29, 1.82) is 0 Å². The van der Waals surface area contributed by atoms with Crippen LogP contribution < -0.4 is 15.2 Å². The molecule has 0 heterocycles. The van der Waals surface area contributed by atoms with Gasteiger partial charge < -0.3 is 15.9 Å². The molecule has 0 unspecified atom stereocenters. The van der Waals surface area contributed by atoms with Gasteiger partial charge in [-0.05, 0) is 35.4 Å². The highest BCUT2D eigenvalue weighted by Crippen LogP contribution is 2.39. The number of fused-ring (bicyclic) bond motifs is 3. The van der Waals surface area contributed by atoms with Crippen molar-refractivity contribution in [3.8, 4) is 11.1 Å². The van der Waals surface area contributed by atoms with Gasteiger partial charge in [-0.3, -0.25) is 9.79 Å². The van der Waals surface area contributed by atoms with Crippen LogP contribution in [-0.4, -0.2) is 71.5 Å². The number of hydrogen-bond donors (Lipinski definition) is 5. The summed E-state index contributed by atoms with van der Waals surface area (Å²) in [6.07, 6.45) is 0. The van der Waals surface area contributed by atoms with E-state index in [4.69, 9.17) is 15.9 Å². The fourth-order valence-corrected chi connectivity index (χ4v) is 5.34. The third-order valence-electron chi connectivity index (χ3n) is 4.60. The molecule has 2 aromatic rings. The normalized spacial score (nSPS) is 13.0. The van der Waals surface area contributed by atoms with Crippen LogP contribution in [0, 0.1) is 0 Å². The van der Waals surface area contributed by atoms with Crippen LogP contribution in [0.15, 0.2) is 51.2 Å². The summed E-state index contributed by atoms with van der Waals surface area (Å²) >= 11 is 0. The van der Waals surface area contributed by atoms with Gasteiger partial charge in [0, 0.05) is 24.2 Å². The zero-order chi connectivity index (χ0) is 23.5. The molecule has 3 rings (SSSR count). The number of aliphatic hydroxyl groups excluding tert-OH is 2. The molecular formula is C19H22N4O7S2. The fraction of sp³-hybridized carbons (Fsp3) is 0.263. The van der Waals surface area contributed by atoms with Gasteiger partial charge >= 0.3 is 0 Å². The minimum Gasteiger partial charge on any atom is -0.395 e. The van der Waals surface area contributed by atoms with Crippen LogP contribution in [0.5, 0.6) is 0 Å². The standard InChI is InChI=1S/C19H22N4O7S2/c20-18(26)11-21-19-16-9-12(31(27,28)22-5-7-24)1-3-14(16)15-4-2-13(10-17(15)19)32(29,30)23-6-8-25/h1-4,9-10,22-25H,5-8,11H2,(H2,20,26). The summed E-state index contributed by atoms with van der Waals surface area (Å²) in [5.74, 6) is -0.714. The first-order chi connectivity index (χ1) is 15.1. The number of benzene rings is 2. The first-order valence-electron chi connectivity index (χ1n) is 9.43. The molecule has 2 aromatic carbocycles. The zero-order valence-electron chi connectivity index (χ0n) is 16.8. The molecule has 0 spiro atoms. The van der Waals surface area contributed by atoms with E-state index in [2.05, 4.69) is 14.4 Å². The molecule has 1 aliphatic carbocycles. The second kappa shape index (κ2) is 9.44. The third-order valence-corrected chi connectivity index (χ3v) is 7.52. The van der Waals surface area contributed by atoms with Crippen molar-refractivity contribution < 1.29 is 31.8 Å². The number of nitrogens with one attached hydrogen (secondary N) is 2. The summed E-state index contributed by atoms with van der Waals surface area (Å²) in [6, 6.07) is 8.62. The summed E-state index contributed by atoms with van der Waals surface area (Å²) in [6.45, 7) is -1.45. The maximum atomic E-state index is 12.5. The van der Waals surface area contributed by atoms with Crippen molar-refractivity contribution in [2.75, 3.05) is 32.8 Å². The number of carbonyl (C=O) groups is 1. The Kier molecular flexibility index (Phi) is 7.07. The number of carbonyl (C=O) groups excluding carboxylic acids is 1. The SMILES string of the molecule is NC(=O)CN=C1c2cc(S(=O)(=O)NCCO)ccc2-c2ccc(S(=O)(=O)NCCO)cc21. The Balaban J connectivity index is 2.14. The minimum absolute atomic E-state index is 0.0817. The number of primary amides is 1. The van der Waals surface area contributed by atoms with Crippen LogP contribution in [0.3, 0.4) is 0 Å². The summed E-state index contributed by atoms with van der Waals surface area (Å²) in [4.78, 5) is 15.4. The van der Waals surface area contributed by atoms with Crippen molar-refractivity contribution >= 4 is 31.7 Å². The van der Waals surface area contributed by atoms with Gasteiger partial charge in [0.15, 0.2) is 0 Å². The molecule has 0 radical (unpaired) electrons. The molecule has 0 aliphatic heterocycles. The lowest BCUT2D eigenvalue weighted by atomic mass is 10.1. The lowest BCUT2D eigenvalue weighted by Gasteiger charge is -2.08. The highest BCUT2D eigenvalue weighted by Gasteiger charge is 2.29. The van der Waals surface area contributed by atoms with Gasteiger partial charge in [-0.2, -0.15) is 0 Å². The fourth-order valence-electron chi connectivity index (χ4n) is 3.24. The Morgan fingerprint density at radius 3 is 1.62 bits per heavy atom. The van der Waals surface area contributed by atoms with E-state index in [1.165, 1.54) is 24.3 Å². The second-order valence-electron chi connectivity index (χ2n) is 6.79. The quantitative estimate of drug-likeness (QED) is 0.233. The topological polar surface area (TPSA) is 188 Å². The number of hydrogen-bond acceptors (Lipinski definition) is 8. The predicted molar refractivity (Wildman–Crippen MR) is 116 cm³/mol. The second-order valence-corrected chi connectivity index (χ2v) is 10.3. The number of nitrogens with zero attached hydrogens (tertiary/aromatic N) is 1. The number of amides is 1. The van der Waals surface area contributed by atoms with Gasteiger partial charge in [0.2, 0.25) is 26.0 Å². The monoisotopic (exact) mass is 482 g/mol. The van der Waals surface area contributed by atoms with E-state index < -0.39 is 26.0 Å². The average Bonchev–Trinajstić information content (AvgIpc) is 3.07. The Morgan fingerprint density at radius 1 is 0.812 bits per heavy atom. The molecule has 32 heavy (non-hydrogen) atoms. The maximum Gasteiger partial charge on any atom is 0.240 e. The molecule has 0 aromatic heterocycles. The van der Waals surface area contributed by atoms with Crippen LogP contribution in [0.4, 0.5) is 0 Å². The largest absolute Gasteiger partial charge is 0.395 e. The first-order valence-corrected chi connectivity index (χ1v) is 12.4. The van der Waals surface area contributed by atoms with E-state index in [1.54, 1.807) is 12.1 Å². The number of aliphatic hydroxyl groups is 2. The molecule has 0 bridgehead atoms. The van der Waals surface area contributed by atoms with Crippen molar-refractivity contribution in [3.63, 3.8) is 0 Å². The molecule has 172 valence electrons. The van der Waals surface area contributed by atoms with E-state index in [0.29, 0.717) is 22.3 Å². The summed E-state index contributed by atoms with van der Waals surface area (Å²) < 4.78 is 54.4. The van der Waals surface area contributed by atoms with E-state index in [-0.39, 0.29) is 48.4 Å². The van der Waals surface area contributed by atoms with Crippen molar-refractivity contribution in [2.45, 2.75) is 9.79 Å². The molecular weight excluding hydrogens is 460 g/mol. The molecule has 13 heteroatoms. The third kappa shape index (κ3) is 4.87. The predicted octanol–water partition coefficient (Wildman–Crippen LogP) is -1.47. The molecule has 6 N–H and O–H groups in total. The van der Waals surface area contributed by atoms with Gasteiger partial charge in [0.25, 0.3) is 0 Å². The smallest absolute Gasteiger partial charge is 0.240 e. The lowest BCUT2D eigenvalue weighted by Crippen LogP contribution is -2.27. The van der Waals surface area contributed by atoms with Crippen molar-refractivity contribution in [3.05, 3.63) is 47.5 Å². The zero-order valence-corrected chi connectivity index (χ0v) is 18.4. The van der Waals surface area contributed by atoms with Gasteiger partial charge in [-0.1, -0.05) is 12.1 Å². The molecule has 11 nitrogen and oxygen atoms in total. The lowest BCUT2D eigenvalue weighted by molar-refractivity contribution is -0.116. The van der Waals surface area contributed by atoms with Gasteiger partial charge in [-0.15, -0.1) is 0 Å². The van der Waals surface area contributed by atoms with Gasteiger partial charge in [-0.25, -0.2) is 26.3 Å².